The van der Waals surface area contributed by atoms with E-state index in [1.165, 1.54) is 18.4 Å². The van der Waals surface area contributed by atoms with Crippen LogP contribution in [0.15, 0.2) is 46.9 Å². The van der Waals surface area contributed by atoms with Crippen LogP contribution in [0.2, 0.25) is 5.02 Å². The van der Waals surface area contributed by atoms with Crippen molar-refractivity contribution in [3.8, 4) is 5.75 Å². The van der Waals surface area contributed by atoms with Crippen LogP contribution < -0.4 is 10.1 Å². The number of fused-ring (bicyclic) bond motifs is 3. The predicted molar refractivity (Wildman–Crippen MR) is 118 cm³/mol. The maximum absolute atomic E-state index is 12.5. The van der Waals surface area contributed by atoms with E-state index in [1.807, 2.05) is 26.0 Å². The number of amides is 1. The van der Waals surface area contributed by atoms with Crippen LogP contribution in [0.3, 0.4) is 0 Å². The van der Waals surface area contributed by atoms with Crippen LogP contribution in [0.4, 0.5) is 5.69 Å². The second-order valence-corrected chi connectivity index (χ2v) is 7.75. The standard InChI is InChI=1S/C24H24ClNO3/c1-3-28-22-14-23-20(18-9-4-5-10-21(18)29-23)13-19(22)15(2)11-24(27)26-17-8-6-7-16(25)12-17/h6-8,11-14H,3-5,9-10H2,1-2H3,(H,26,27)/b15-11+. The molecule has 0 bridgehead atoms. The van der Waals surface area contributed by atoms with E-state index in [2.05, 4.69) is 11.4 Å². The van der Waals surface area contributed by atoms with Crippen molar-refractivity contribution in [3.05, 3.63) is 64.4 Å². The summed E-state index contributed by atoms with van der Waals surface area (Å²) in [6.07, 6.45) is 5.96. The maximum atomic E-state index is 12.5. The predicted octanol–water partition coefficient (Wildman–Crippen LogP) is 6.41. The van der Waals surface area contributed by atoms with Gasteiger partial charge in [0.1, 0.15) is 17.1 Å². The number of hydrogen-bond donors (Lipinski definition) is 1. The molecule has 3 aromatic rings. The molecule has 1 N–H and O–H groups in total. The topological polar surface area (TPSA) is 51.5 Å². The van der Waals surface area contributed by atoms with Crippen molar-refractivity contribution in [2.45, 2.75) is 39.5 Å². The molecule has 5 heteroatoms. The Morgan fingerprint density at radius 3 is 2.86 bits per heavy atom. The fraction of sp³-hybridized carbons (Fsp3) is 0.292. The first-order valence-electron chi connectivity index (χ1n) is 10.0. The molecule has 1 aliphatic carbocycles. The number of aryl methyl sites for hydroxylation is 2. The van der Waals surface area contributed by atoms with Crippen molar-refractivity contribution in [1.82, 2.24) is 0 Å². The molecule has 29 heavy (non-hydrogen) atoms. The minimum absolute atomic E-state index is 0.207. The number of furan rings is 1. The Hall–Kier alpha value is -2.72. The van der Waals surface area contributed by atoms with Gasteiger partial charge in [0.25, 0.3) is 0 Å². The Kier molecular flexibility index (Phi) is 5.63. The smallest absolute Gasteiger partial charge is 0.248 e. The summed E-state index contributed by atoms with van der Waals surface area (Å²) in [6.45, 7) is 4.42. The monoisotopic (exact) mass is 409 g/mol. The fourth-order valence-electron chi connectivity index (χ4n) is 3.89. The molecule has 1 aliphatic rings. The van der Waals surface area contributed by atoms with Gasteiger partial charge >= 0.3 is 0 Å². The molecule has 0 spiro atoms. The Labute approximate surface area is 175 Å². The van der Waals surface area contributed by atoms with Gasteiger partial charge in [0.05, 0.1) is 6.61 Å². The first-order valence-corrected chi connectivity index (χ1v) is 10.4. The largest absolute Gasteiger partial charge is 0.493 e. The second-order valence-electron chi connectivity index (χ2n) is 7.32. The van der Waals surface area contributed by atoms with E-state index >= 15 is 0 Å². The molecule has 4 nitrogen and oxygen atoms in total. The maximum Gasteiger partial charge on any atom is 0.248 e. The average Bonchev–Trinajstić information content (AvgIpc) is 3.05. The zero-order valence-corrected chi connectivity index (χ0v) is 17.4. The number of halogens is 1. The minimum Gasteiger partial charge on any atom is -0.493 e. The Balaban J connectivity index is 1.69. The Bertz CT molecular complexity index is 1100. The summed E-state index contributed by atoms with van der Waals surface area (Å²) in [7, 11) is 0. The third-order valence-corrected chi connectivity index (χ3v) is 5.46. The summed E-state index contributed by atoms with van der Waals surface area (Å²) in [4.78, 5) is 12.5. The van der Waals surface area contributed by atoms with Crippen LogP contribution in [-0.4, -0.2) is 12.5 Å². The summed E-state index contributed by atoms with van der Waals surface area (Å²) >= 11 is 6.00. The number of anilines is 1. The van der Waals surface area contributed by atoms with Crippen LogP contribution in [-0.2, 0) is 17.6 Å². The lowest BCUT2D eigenvalue weighted by molar-refractivity contribution is -0.111. The molecule has 0 saturated heterocycles. The summed E-state index contributed by atoms with van der Waals surface area (Å²) in [5, 5.41) is 4.56. The van der Waals surface area contributed by atoms with Crippen molar-refractivity contribution in [2.24, 2.45) is 0 Å². The van der Waals surface area contributed by atoms with E-state index in [4.69, 9.17) is 20.8 Å². The van der Waals surface area contributed by atoms with Gasteiger partial charge in [-0.05, 0) is 62.9 Å². The number of allylic oxidation sites excluding steroid dienone is 1. The third-order valence-electron chi connectivity index (χ3n) is 5.22. The lowest BCUT2D eigenvalue weighted by atomic mass is 9.94. The molecular formula is C24H24ClNO3. The van der Waals surface area contributed by atoms with Crippen LogP contribution in [0, 0.1) is 0 Å². The Morgan fingerprint density at radius 1 is 1.24 bits per heavy atom. The second kappa shape index (κ2) is 8.34. The lowest BCUT2D eigenvalue weighted by Crippen LogP contribution is -2.08. The fourth-order valence-corrected chi connectivity index (χ4v) is 4.08. The summed E-state index contributed by atoms with van der Waals surface area (Å²) in [5.74, 6) is 1.61. The van der Waals surface area contributed by atoms with Gasteiger partial charge in [-0.1, -0.05) is 17.7 Å². The summed E-state index contributed by atoms with van der Waals surface area (Å²) in [6, 6.07) is 11.2. The highest BCUT2D eigenvalue weighted by Gasteiger charge is 2.20. The molecule has 1 amide bonds. The number of benzene rings is 2. The zero-order valence-electron chi connectivity index (χ0n) is 16.7. The number of rotatable bonds is 5. The highest BCUT2D eigenvalue weighted by atomic mass is 35.5. The van der Waals surface area contributed by atoms with Gasteiger partial charge in [0.2, 0.25) is 5.91 Å². The number of carbonyl (C=O) groups is 1. The SMILES string of the molecule is CCOc1cc2oc3c(c2cc1/C(C)=C/C(=O)Nc1cccc(Cl)c1)CCCC3. The molecule has 1 aromatic heterocycles. The van der Waals surface area contributed by atoms with Crippen LogP contribution in [0.25, 0.3) is 16.5 Å². The average molecular weight is 410 g/mol. The molecule has 150 valence electrons. The van der Waals surface area contributed by atoms with Crippen molar-refractivity contribution in [1.29, 1.82) is 0 Å². The molecule has 4 rings (SSSR count). The van der Waals surface area contributed by atoms with Gasteiger partial charge in [0.15, 0.2) is 0 Å². The van der Waals surface area contributed by atoms with Crippen molar-refractivity contribution >= 4 is 39.7 Å². The zero-order chi connectivity index (χ0) is 20.4. The van der Waals surface area contributed by atoms with E-state index in [0.29, 0.717) is 17.3 Å². The number of nitrogens with one attached hydrogen (secondary N) is 1. The number of ether oxygens (including phenoxy) is 1. The number of carbonyl (C=O) groups excluding carboxylic acids is 1. The molecule has 0 unspecified atom stereocenters. The normalized spacial score (nSPS) is 14.0. The highest BCUT2D eigenvalue weighted by Crippen LogP contribution is 2.38. The van der Waals surface area contributed by atoms with E-state index < -0.39 is 0 Å². The van der Waals surface area contributed by atoms with Crippen molar-refractivity contribution in [3.63, 3.8) is 0 Å². The van der Waals surface area contributed by atoms with E-state index in [0.717, 1.165) is 46.5 Å². The lowest BCUT2D eigenvalue weighted by Gasteiger charge is -2.12. The van der Waals surface area contributed by atoms with Crippen molar-refractivity contribution < 1.29 is 13.9 Å². The first-order chi connectivity index (χ1) is 14.0. The molecule has 0 saturated carbocycles. The molecule has 0 atom stereocenters. The third kappa shape index (κ3) is 4.18. The molecule has 0 fully saturated rings. The van der Waals surface area contributed by atoms with Crippen LogP contribution >= 0.6 is 11.6 Å². The van der Waals surface area contributed by atoms with E-state index in [-0.39, 0.29) is 5.91 Å². The first kappa shape index (κ1) is 19.6. The van der Waals surface area contributed by atoms with Crippen LogP contribution in [0.5, 0.6) is 5.75 Å². The summed E-state index contributed by atoms with van der Waals surface area (Å²) < 4.78 is 12.0. The van der Waals surface area contributed by atoms with Gasteiger partial charge < -0.3 is 14.5 Å². The molecular weight excluding hydrogens is 386 g/mol. The number of hydrogen-bond acceptors (Lipinski definition) is 3. The Morgan fingerprint density at radius 2 is 2.07 bits per heavy atom. The molecule has 0 radical (unpaired) electrons. The molecule has 1 heterocycles. The van der Waals surface area contributed by atoms with Gasteiger partial charge in [0, 0.05) is 45.8 Å². The van der Waals surface area contributed by atoms with E-state index in [9.17, 15) is 4.79 Å². The van der Waals surface area contributed by atoms with Gasteiger partial charge in [-0.15, -0.1) is 0 Å². The quantitative estimate of drug-likeness (QED) is 0.495. The van der Waals surface area contributed by atoms with Gasteiger partial charge in [-0.25, -0.2) is 0 Å². The minimum atomic E-state index is -0.207. The van der Waals surface area contributed by atoms with Crippen LogP contribution in [0.1, 0.15) is 43.6 Å². The van der Waals surface area contributed by atoms with E-state index in [1.54, 1.807) is 24.3 Å². The van der Waals surface area contributed by atoms with Gasteiger partial charge in [-0.2, -0.15) is 0 Å². The molecule has 0 aliphatic heterocycles. The molecule has 2 aromatic carbocycles. The van der Waals surface area contributed by atoms with Gasteiger partial charge in [-0.3, -0.25) is 4.79 Å². The summed E-state index contributed by atoms with van der Waals surface area (Å²) in [5.41, 5.74) is 4.57. The highest BCUT2D eigenvalue weighted by molar-refractivity contribution is 6.30. The van der Waals surface area contributed by atoms with Crippen molar-refractivity contribution in [2.75, 3.05) is 11.9 Å².